The standard InChI is InChI=1S/C18H18INO/c1-11-7-8-15-13(9-11)10-16(21-15)18(20-3)14-6-4-5-12(2)17(14)19/h4-10,18,20H,1-3H3. The number of hydrogen-bond acceptors (Lipinski definition) is 2. The van der Waals surface area contributed by atoms with Crippen LogP contribution in [-0.4, -0.2) is 7.05 Å². The van der Waals surface area contributed by atoms with Crippen molar-refractivity contribution < 1.29 is 4.42 Å². The molecule has 0 saturated carbocycles. The maximum atomic E-state index is 6.06. The number of rotatable bonds is 3. The summed E-state index contributed by atoms with van der Waals surface area (Å²) >= 11 is 2.41. The van der Waals surface area contributed by atoms with Gasteiger partial charge in [-0.05, 0) is 72.8 Å². The van der Waals surface area contributed by atoms with E-state index >= 15 is 0 Å². The molecule has 3 rings (SSSR count). The van der Waals surface area contributed by atoms with Gasteiger partial charge in [0.1, 0.15) is 11.3 Å². The molecule has 0 saturated heterocycles. The maximum absolute atomic E-state index is 6.06. The lowest BCUT2D eigenvalue weighted by atomic mass is 10.0. The Morgan fingerprint density at radius 2 is 1.90 bits per heavy atom. The van der Waals surface area contributed by atoms with E-state index in [1.165, 1.54) is 20.3 Å². The molecule has 3 heteroatoms. The van der Waals surface area contributed by atoms with Gasteiger partial charge in [-0.25, -0.2) is 0 Å². The highest BCUT2D eigenvalue weighted by Crippen LogP contribution is 2.31. The van der Waals surface area contributed by atoms with Crippen LogP contribution < -0.4 is 5.32 Å². The van der Waals surface area contributed by atoms with Gasteiger partial charge < -0.3 is 9.73 Å². The van der Waals surface area contributed by atoms with Gasteiger partial charge in [-0.3, -0.25) is 0 Å². The predicted molar refractivity (Wildman–Crippen MR) is 95.7 cm³/mol. The fourth-order valence-corrected chi connectivity index (χ4v) is 3.34. The second kappa shape index (κ2) is 5.81. The van der Waals surface area contributed by atoms with Gasteiger partial charge in [0.15, 0.2) is 0 Å². The van der Waals surface area contributed by atoms with Crippen LogP contribution in [0.2, 0.25) is 0 Å². The zero-order chi connectivity index (χ0) is 15.0. The molecule has 3 aromatic rings. The van der Waals surface area contributed by atoms with Gasteiger partial charge in [-0.15, -0.1) is 0 Å². The van der Waals surface area contributed by atoms with Crippen LogP contribution in [0.3, 0.4) is 0 Å². The van der Waals surface area contributed by atoms with Crippen LogP contribution in [-0.2, 0) is 0 Å². The lowest BCUT2D eigenvalue weighted by Gasteiger charge is -2.17. The van der Waals surface area contributed by atoms with E-state index in [1.807, 2.05) is 13.1 Å². The highest BCUT2D eigenvalue weighted by molar-refractivity contribution is 14.1. The quantitative estimate of drug-likeness (QED) is 0.639. The molecule has 0 radical (unpaired) electrons. The average molecular weight is 391 g/mol. The second-order valence-corrected chi connectivity index (χ2v) is 6.47. The number of nitrogens with one attached hydrogen (secondary N) is 1. The normalized spacial score (nSPS) is 12.8. The van der Waals surface area contributed by atoms with Crippen LogP contribution in [0, 0.1) is 17.4 Å². The van der Waals surface area contributed by atoms with Crippen molar-refractivity contribution in [2.24, 2.45) is 0 Å². The van der Waals surface area contributed by atoms with Crippen molar-refractivity contribution >= 4 is 33.6 Å². The van der Waals surface area contributed by atoms with Crippen molar-refractivity contribution in [3.63, 3.8) is 0 Å². The van der Waals surface area contributed by atoms with Crippen molar-refractivity contribution in [1.29, 1.82) is 0 Å². The first-order valence-corrected chi connectivity index (χ1v) is 8.10. The minimum Gasteiger partial charge on any atom is -0.459 e. The lowest BCUT2D eigenvalue weighted by molar-refractivity contribution is 0.490. The van der Waals surface area contributed by atoms with Crippen LogP contribution in [0.25, 0.3) is 11.0 Å². The molecule has 108 valence electrons. The third-order valence-electron chi connectivity index (χ3n) is 3.80. The number of aryl methyl sites for hydroxylation is 2. The number of furan rings is 1. The van der Waals surface area contributed by atoms with E-state index in [9.17, 15) is 0 Å². The first-order valence-electron chi connectivity index (χ1n) is 7.02. The molecule has 2 nitrogen and oxygen atoms in total. The average Bonchev–Trinajstić information content (AvgIpc) is 2.87. The molecule has 0 aliphatic heterocycles. The zero-order valence-corrected chi connectivity index (χ0v) is 14.6. The topological polar surface area (TPSA) is 25.2 Å². The molecule has 1 aromatic heterocycles. The Kier molecular flexibility index (Phi) is 4.04. The number of hydrogen-bond donors (Lipinski definition) is 1. The molecule has 21 heavy (non-hydrogen) atoms. The van der Waals surface area contributed by atoms with Crippen LogP contribution in [0.4, 0.5) is 0 Å². The van der Waals surface area contributed by atoms with Crippen LogP contribution >= 0.6 is 22.6 Å². The van der Waals surface area contributed by atoms with Crippen molar-refractivity contribution in [2.75, 3.05) is 7.05 Å². The molecular formula is C18H18INO. The second-order valence-electron chi connectivity index (χ2n) is 5.39. The van der Waals surface area contributed by atoms with Gasteiger partial charge >= 0.3 is 0 Å². The van der Waals surface area contributed by atoms with E-state index in [0.29, 0.717) is 0 Å². The summed E-state index contributed by atoms with van der Waals surface area (Å²) in [4.78, 5) is 0. The van der Waals surface area contributed by atoms with Crippen molar-refractivity contribution in [2.45, 2.75) is 19.9 Å². The monoisotopic (exact) mass is 391 g/mol. The van der Waals surface area contributed by atoms with Crippen LogP contribution in [0.1, 0.15) is 28.5 Å². The van der Waals surface area contributed by atoms with Crippen molar-refractivity contribution in [3.05, 3.63) is 68.5 Å². The Balaban J connectivity index is 2.11. The summed E-state index contributed by atoms with van der Waals surface area (Å²) in [7, 11) is 1.97. The number of halogens is 1. The number of fused-ring (bicyclic) bond motifs is 1. The van der Waals surface area contributed by atoms with Crippen LogP contribution in [0.5, 0.6) is 0 Å². The smallest absolute Gasteiger partial charge is 0.134 e. The molecule has 0 fully saturated rings. The molecule has 0 aliphatic carbocycles. The maximum Gasteiger partial charge on any atom is 0.134 e. The molecule has 0 bridgehead atoms. The first-order chi connectivity index (χ1) is 10.1. The van der Waals surface area contributed by atoms with Gasteiger partial charge in [0.2, 0.25) is 0 Å². The number of benzene rings is 2. The molecule has 0 spiro atoms. The van der Waals surface area contributed by atoms with Gasteiger partial charge in [-0.1, -0.05) is 29.8 Å². The van der Waals surface area contributed by atoms with E-state index in [2.05, 4.69) is 78.2 Å². The van der Waals surface area contributed by atoms with Gasteiger partial charge in [0, 0.05) is 8.96 Å². The van der Waals surface area contributed by atoms with Crippen molar-refractivity contribution in [1.82, 2.24) is 5.32 Å². The summed E-state index contributed by atoms with van der Waals surface area (Å²) in [5, 5.41) is 4.54. The summed E-state index contributed by atoms with van der Waals surface area (Å²) < 4.78 is 7.34. The summed E-state index contributed by atoms with van der Waals surface area (Å²) in [6.45, 7) is 4.24. The Morgan fingerprint density at radius 1 is 1.10 bits per heavy atom. The summed E-state index contributed by atoms with van der Waals surface area (Å²) in [6, 6.07) is 14.9. The molecule has 2 aromatic carbocycles. The van der Waals surface area contributed by atoms with Gasteiger partial charge in [0.05, 0.1) is 6.04 Å². The lowest BCUT2D eigenvalue weighted by Crippen LogP contribution is -2.18. The van der Waals surface area contributed by atoms with E-state index in [-0.39, 0.29) is 6.04 Å². The minimum atomic E-state index is 0.0736. The summed E-state index contributed by atoms with van der Waals surface area (Å²) in [5.74, 6) is 0.960. The molecule has 1 atom stereocenters. The van der Waals surface area contributed by atoms with Crippen LogP contribution in [0.15, 0.2) is 46.9 Å². The zero-order valence-electron chi connectivity index (χ0n) is 12.4. The van der Waals surface area contributed by atoms with E-state index in [1.54, 1.807) is 0 Å². The fourth-order valence-electron chi connectivity index (χ4n) is 2.67. The molecular weight excluding hydrogens is 373 g/mol. The van der Waals surface area contributed by atoms with Gasteiger partial charge in [-0.2, -0.15) is 0 Å². The summed E-state index contributed by atoms with van der Waals surface area (Å²) in [5.41, 5.74) is 4.74. The van der Waals surface area contributed by atoms with E-state index in [4.69, 9.17) is 4.42 Å². The largest absolute Gasteiger partial charge is 0.459 e. The minimum absolute atomic E-state index is 0.0736. The van der Waals surface area contributed by atoms with E-state index in [0.717, 1.165) is 16.7 Å². The highest BCUT2D eigenvalue weighted by atomic mass is 127. The Bertz CT molecular complexity index is 791. The molecule has 0 aliphatic rings. The Labute approximate surface area is 138 Å². The molecule has 1 unspecified atom stereocenters. The first kappa shape index (κ1) is 14.6. The Hall–Kier alpha value is -1.33. The fraction of sp³-hybridized carbons (Fsp3) is 0.222. The highest BCUT2D eigenvalue weighted by Gasteiger charge is 2.19. The predicted octanol–water partition coefficient (Wildman–Crippen LogP) is 4.96. The van der Waals surface area contributed by atoms with Gasteiger partial charge in [0.25, 0.3) is 0 Å². The SMILES string of the molecule is CNC(c1cc2cc(C)ccc2o1)c1cccc(C)c1I. The third kappa shape index (κ3) is 2.72. The van der Waals surface area contributed by atoms with Crippen molar-refractivity contribution in [3.8, 4) is 0 Å². The molecule has 1 N–H and O–H groups in total. The summed E-state index contributed by atoms with van der Waals surface area (Å²) in [6.07, 6.45) is 0. The van der Waals surface area contributed by atoms with E-state index < -0.39 is 0 Å². The Morgan fingerprint density at radius 3 is 2.67 bits per heavy atom. The molecule has 1 heterocycles. The molecule has 0 amide bonds. The third-order valence-corrected chi connectivity index (χ3v) is 5.27.